The van der Waals surface area contributed by atoms with E-state index >= 15 is 0 Å². The lowest BCUT2D eigenvalue weighted by Crippen LogP contribution is -2.30. The summed E-state index contributed by atoms with van der Waals surface area (Å²) in [6, 6.07) is 9.02. The van der Waals surface area contributed by atoms with Crippen molar-refractivity contribution in [2.24, 2.45) is 0 Å². The van der Waals surface area contributed by atoms with Gasteiger partial charge in [-0.05, 0) is 42.8 Å². The highest BCUT2D eigenvalue weighted by Crippen LogP contribution is 2.34. The number of halogens is 1. The van der Waals surface area contributed by atoms with E-state index in [0.29, 0.717) is 24.7 Å². The highest BCUT2D eigenvalue weighted by molar-refractivity contribution is 5.97. The Morgan fingerprint density at radius 1 is 1.17 bits per heavy atom. The second kappa shape index (κ2) is 9.58. The van der Waals surface area contributed by atoms with Crippen LogP contribution in [0.3, 0.4) is 0 Å². The minimum Gasteiger partial charge on any atom is -0.486 e. The minimum atomic E-state index is -0.608. The molecule has 0 saturated heterocycles. The van der Waals surface area contributed by atoms with E-state index < -0.39 is 5.82 Å². The molecule has 1 atom stereocenters. The summed E-state index contributed by atoms with van der Waals surface area (Å²) in [5.41, 5.74) is 1.23. The summed E-state index contributed by atoms with van der Waals surface area (Å²) in [6.45, 7) is 3.10. The van der Waals surface area contributed by atoms with E-state index in [1.54, 1.807) is 7.05 Å². The number of ether oxygens (including phenoxy) is 3. The van der Waals surface area contributed by atoms with Gasteiger partial charge in [0, 0.05) is 25.4 Å². The number of hydrogen-bond donors (Lipinski definition) is 1. The monoisotopic (exact) mass is 416 g/mol. The Hall–Kier alpha value is -3.13. The summed E-state index contributed by atoms with van der Waals surface area (Å²) in [5.74, 6) is 0.00910. The fourth-order valence-electron chi connectivity index (χ4n) is 3.13. The first-order valence-corrected chi connectivity index (χ1v) is 9.65. The van der Waals surface area contributed by atoms with Crippen molar-refractivity contribution in [3.05, 3.63) is 53.3 Å². The highest BCUT2D eigenvalue weighted by atomic mass is 19.1. The molecule has 7 nitrogen and oxygen atoms in total. The molecule has 1 aliphatic heterocycles. The Kier molecular flexibility index (Phi) is 6.89. The van der Waals surface area contributed by atoms with E-state index in [9.17, 15) is 14.0 Å². The molecule has 0 fully saturated rings. The molecular weight excluding hydrogens is 391 g/mol. The standard InChI is InChI=1S/C22H25FN2O5/c1-14(15-4-5-19-20(12-15)30-9-8-29-19)25(2)22(27)16-10-17(23)13-18(11-16)24-21(26)6-7-28-3/h4-5,10-14H,6-9H2,1-3H3,(H,24,26). The zero-order valence-electron chi connectivity index (χ0n) is 17.2. The molecule has 2 amide bonds. The Balaban J connectivity index is 1.75. The number of nitrogens with zero attached hydrogens (tertiary/aromatic N) is 1. The molecule has 1 unspecified atom stereocenters. The van der Waals surface area contributed by atoms with Crippen LogP contribution >= 0.6 is 0 Å². The van der Waals surface area contributed by atoms with Crippen molar-refractivity contribution in [3.8, 4) is 11.5 Å². The van der Waals surface area contributed by atoms with Crippen LogP contribution in [-0.4, -0.2) is 50.7 Å². The number of anilines is 1. The molecule has 2 aromatic carbocycles. The lowest BCUT2D eigenvalue weighted by molar-refractivity contribution is -0.117. The molecule has 0 spiro atoms. The molecule has 0 bridgehead atoms. The molecule has 1 heterocycles. The minimum absolute atomic E-state index is 0.136. The predicted molar refractivity (Wildman–Crippen MR) is 109 cm³/mol. The van der Waals surface area contributed by atoms with Crippen LogP contribution in [0.5, 0.6) is 11.5 Å². The van der Waals surface area contributed by atoms with Gasteiger partial charge in [-0.3, -0.25) is 9.59 Å². The van der Waals surface area contributed by atoms with Crippen LogP contribution in [0, 0.1) is 5.82 Å². The van der Waals surface area contributed by atoms with Crippen molar-refractivity contribution in [2.45, 2.75) is 19.4 Å². The van der Waals surface area contributed by atoms with Crippen LogP contribution < -0.4 is 14.8 Å². The Morgan fingerprint density at radius 3 is 2.63 bits per heavy atom. The van der Waals surface area contributed by atoms with Gasteiger partial charge in [0.2, 0.25) is 5.91 Å². The molecule has 3 rings (SSSR count). The molecular formula is C22H25FN2O5. The van der Waals surface area contributed by atoms with Gasteiger partial charge >= 0.3 is 0 Å². The third-order valence-corrected chi connectivity index (χ3v) is 4.91. The third-order valence-electron chi connectivity index (χ3n) is 4.91. The Morgan fingerprint density at radius 2 is 1.90 bits per heavy atom. The van der Waals surface area contributed by atoms with Crippen molar-refractivity contribution < 1.29 is 28.2 Å². The SMILES string of the molecule is COCCC(=O)Nc1cc(F)cc(C(=O)N(C)C(C)c2ccc3c(c2)OCCO3)c1. The van der Waals surface area contributed by atoms with Crippen LogP contribution in [0.25, 0.3) is 0 Å². The summed E-state index contributed by atoms with van der Waals surface area (Å²) < 4.78 is 30.1. The fourth-order valence-corrected chi connectivity index (χ4v) is 3.13. The highest BCUT2D eigenvalue weighted by Gasteiger charge is 2.22. The van der Waals surface area contributed by atoms with Gasteiger partial charge in [-0.2, -0.15) is 0 Å². The number of benzene rings is 2. The number of hydrogen-bond acceptors (Lipinski definition) is 5. The first-order valence-electron chi connectivity index (χ1n) is 9.65. The third kappa shape index (κ3) is 5.07. The number of nitrogens with one attached hydrogen (secondary N) is 1. The largest absolute Gasteiger partial charge is 0.486 e. The summed E-state index contributed by atoms with van der Waals surface area (Å²) >= 11 is 0. The molecule has 30 heavy (non-hydrogen) atoms. The maximum absolute atomic E-state index is 14.1. The average molecular weight is 416 g/mol. The van der Waals surface area contributed by atoms with Crippen molar-refractivity contribution in [3.63, 3.8) is 0 Å². The summed E-state index contributed by atoms with van der Waals surface area (Å²) in [6.07, 6.45) is 0.136. The lowest BCUT2D eigenvalue weighted by Gasteiger charge is -2.27. The van der Waals surface area contributed by atoms with Gasteiger partial charge in [0.1, 0.15) is 19.0 Å². The maximum atomic E-state index is 14.1. The quantitative estimate of drug-likeness (QED) is 0.749. The summed E-state index contributed by atoms with van der Waals surface area (Å²) in [7, 11) is 3.14. The molecule has 1 N–H and O–H groups in total. The average Bonchev–Trinajstić information content (AvgIpc) is 2.75. The summed E-state index contributed by atoms with van der Waals surface area (Å²) in [5, 5.41) is 2.59. The zero-order valence-corrected chi connectivity index (χ0v) is 17.2. The van der Waals surface area contributed by atoms with Gasteiger partial charge in [0.15, 0.2) is 11.5 Å². The smallest absolute Gasteiger partial charge is 0.254 e. The Bertz CT molecular complexity index is 934. The number of carbonyl (C=O) groups excluding carboxylic acids is 2. The van der Waals surface area contributed by atoms with Gasteiger partial charge in [0.05, 0.1) is 19.1 Å². The predicted octanol–water partition coefficient (Wildman–Crippen LogP) is 3.41. The van der Waals surface area contributed by atoms with Crippen LogP contribution in [0.1, 0.15) is 35.3 Å². The van der Waals surface area contributed by atoms with Crippen molar-refractivity contribution in [1.29, 1.82) is 0 Å². The van der Waals surface area contributed by atoms with E-state index in [1.165, 1.54) is 24.1 Å². The van der Waals surface area contributed by atoms with Gasteiger partial charge in [-0.15, -0.1) is 0 Å². The van der Waals surface area contributed by atoms with E-state index in [4.69, 9.17) is 14.2 Å². The van der Waals surface area contributed by atoms with Crippen molar-refractivity contribution in [2.75, 3.05) is 39.3 Å². The van der Waals surface area contributed by atoms with Crippen LogP contribution in [-0.2, 0) is 9.53 Å². The second-order valence-electron chi connectivity index (χ2n) is 7.01. The van der Waals surface area contributed by atoms with Crippen LogP contribution in [0.2, 0.25) is 0 Å². The molecule has 0 aromatic heterocycles. The Labute approximate surface area is 174 Å². The molecule has 0 radical (unpaired) electrons. The molecule has 1 aliphatic rings. The van der Waals surface area contributed by atoms with Gasteiger partial charge in [-0.1, -0.05) is 6.07 Å². The second-order valence-corrected chi connectivity index (χ2v) is 7.01. The number of methoxy groups -OCH3 is 1. The molecule has 8 heteroatoms. The van der Waals surface area contributed by atoms with E-state index in [0.717, 1.165) is 11.6 Å². The van der Waals surface area contributed by atoms with E-state index in [1.807, 2.05) is 25.1 Å². The number of rotatable bonds is 7. The molecule has 0 saturated carbocycles. The van der Waals surface area contributed by atoms with Crippen molar-refractivity contribution in [1.82, 2.24) is 4.90 Å². The molecule has 160 valence electrons. The molecule has 0 aliphatic carbocycles. The topological polar surface area (TPSA) is 77.1 Å². The van der Waals surface area contributed by atoms with E-state index in [2.05, 4.69) is 5.32 Å². The number of carbonyl (C=O) groups is 2. The van der Waals surface area contributed by atoms with Gasteiger partial charge in [0.25, 0.3) is 5.91 Å². The zero-order chi connectivity index (χ0) is 21.7. The first-order chi connectivity index (χ1) is 14.4. The van der Waals surface area contributed by atoms with Crippen LogP contribution in [0.4, 0.5) is 10.1 Å². The normalized spacial score (nSPS) is 13.5. The van der Waals surface area contributed by atoms with E-state index in [-0.39, 0.29) is 42.1 Å². The number of fused-ring (bicyclic) bond motifs is 1. The van der Waals surface area contributed by atoms with Gasteiger partial charge < -0.3 is 24.4 Å². The maximum Gasteiger partial charge on any atom is 0.254 e. The first kappa shape index (κ1) is 21.6. The van der Waals surface area contributed by atoms with Crippen LogP contribution in [0.15, 0.2) is 36.4 Å². The van der Waals surface area contributed by atoms with Crippen molar-refractivity contribution >= 4 is 17.5 Å². The number of amides is 2. The lowest BCUT2D eigenvalue weighted by atomic mass is 10.0. The van der Waals surface area contributed by atoms with Gasteiger partial charge in [-0.25, -0.2) is 4.39 Å². The summed E-state index contributed by atoms with van der Waals surface area (Å²) in [4.78, 5) is 26.4. The molecule has 2 aromatic rings. The fraction of sp³-hybridized carbons (Fsp3) is 0.364.